The number of alkyl halides is 1. The van der Waals surface area contributed by atoms with Crippen molar-refractivity contribution < 1.29 is 9.38 Å². The molecule has 0 aliphatic rings. The first-order chi connectivity index (χ1) is 11.7. The first kappa shape index (κ1) is 29.7. The predicted octanol–water partition coefficient (Wildman–Crippen LogP) is -0.399. The van der Waals surface area contributed by atoms with Gasteiger partial charge >= 0.3 is 0 Å². The number of likely N-dealkylation sites (N-methyl/N-ethyl adjacent to an activating group) is 2. The lowest BCUT2D eigenvalue weighted by atomic mass is 10.4. The lowest BCUT2D eigenvalue weighted by molar-refractivity contribution is -0.887. The molecule has 0 aromatic carbocycles. The lowest BCUT2D eigenvalue weighted by Crippen LogP contribution is -3.06. The highest BCUT2D eigenvalue weighted by molar-refractivity contribution is 14.1. The van der Waals surface area contributed by atoms with Crippen molar-refractivity contribution >= 4 is 28.5 Å². The van der Waals surface area contributed by atoms with Crippen molar-refractivity contribution in [3.63, 3.8) is 0 Å². The monoisotopic (exact) mass is 472 g/mol. The first-order valence-electron chi connectivity index (χ1n) is 8.98. The van der Waals surface area contributed by atoms with Gasteiger partial charge in [0.25, 0.3) is 0 Å². The van der Waals surface area contributed by atoms with Crippen LogP contribution >= 0.6 is 22.6 Å². The number of nitrogens with zero attached hydrogens (tertiary/aromatic N) is 3. The van der Waals surface area contributed by atoms with Crippen molar-refractivity contribution in [3.05, 3.63) is 6.58 Å². The van der Waals surface area contributed by atoms with Crippen molar-refractivity contribution in [2.24, 2.45) is 10.7 Å². The van der Waals surface area contributed by atoms with Gasteiger partial charge in [-0.15, -0.1) is 0 Å². The van der Waals surface area contributed by atoms with Gasteiger partial charge in [0.15, 0.2) is 0 Å². The van der Waals surface area contributed by atoms with E-state index < -0.39 is 0 Å². The third kappa shape index (κ3) is 32.2. The van der Waals surface area contributed by atoms with Crippen LogP contribution in [0.2, 0.25) is 0 Å². The third-order valence-electron chi connectivity index (χ3n) is 3.42. The molecule has 0 spiro atoms. The third-order valence-corrected chi connectivity index (χ3v) is 3.42. The molecule has 0 rings (SSSR count). The highest BCUT2D eigenvalue weighted by Crippen LogP contribution is 1.92. The van der Waals surface area contributed by atoms with E-state index in [4.69, 9.17) is 5.73 Å². The van der Waals surface area contributed by atoms with Crippen LogP contribution in [0.4, 0.5) is 0 Å². The van der Waals surface area contributed by atoms with E-state index in [0.717, 1.165) is 56.7 Å². The minimum absolute atomic E-state index is 0.773. The number of hydrogen-bond donors (Lipinski definition) is 3. The molecular weight excluding hydrogens is 427 g/mol. The Bertz CT molecular complexity index is 302. The Morgan fingerprint density at radius 2 is 1.80 bits per heavy atom. The molecule has 0 aromatic heterocycles. The SMILES string of the molecule is C=C=NCCCN(C)C.CI.C[NH+](C)CCNCC[N+](C)(C)CCN. The summed E-state index contributed by atoms with van der Waals surface area (Å²) in [5.41, 5.74) is 5.55. The van der Waals surface area contributed by atoms with Gasteiger partial charge in [-0.3, -0.25) is 0 Å². The molecule has 0 atom stereocenters. The molecule has 0 fully saturated rings. The summed E-state index contributed by atoms with van der Waals surface area (Å²) in [6, 6.07) is 0. The second kappa shape index (κ2) is 22.0. The standard InChI is InChI=1S/C10H27N4.C7H14N2.CH3I/c1-13(2)8-6-12-7-10-14(3,4)9-5-11;1-4-8-6-5-7-9(2)3;1-2/h12H,5-11H2,1-4H3;1,5-7H2,2-3H3;1H3/q+1;;/p+1. The summed E-state index contributed by atoms with van der Waals surface area (Å²) in [5.74, 6) is 2.50. The summed E-state index contributed by atoms with van der Waals surface area (Å²) in [6.07, 6.45) is 1.09. The Kier molecular flexibility index (Phi) is 26.2. The van der Waals surface area contributed by atoms with E-state index in [0.29, 0.717) is 0 Å². The van der Waals surface area contributed by atoms with Crippen molar-refractivity contribution in [1.29, 1.82) is 0 Å². The number of aliphatic imine (C=N–C) groups is 1. The number of quaternary nitrogens is 2. The highest BCUT2D eigenvalue weighted by atomic mass is 127. The zero-order chi connectivity index (χ0) is 20.1. The molecule has 0 amide bonds. The fraction of sp³-hybridized carbons (Fsp3) is 0.889. The fourth-order valence-corrected chi connectivity index (χ4v) is 1.85. The molecule has 0 radical (unpaired) electrons. The Morgan fingerprint density at radius 3 is 2.24 bits per heavy atom. The van der Waals surface area contributed by atoms with E-state index in [9.17, 15) is 0 Å². The van der Waals surface area contributed by atoms with E-state index in [1.165, 1.54) is 11.4 Å². The smallest absolute Gasteiger partial charge is 0.0909 e. The molecule has 6 nitrogen and oxygen atoms in total. The van der Waals surface area contributed by atoms with Gasteiger partial charge < -0.3 is 25.3 Å². The van der Waals surface area contributed by atoms with Crippen LogP contribution in [0.15, 0.2) is 11.6 Å². The summed E-state index contributed by atoms with van der Waals surface area (Å²) >= 11 is 2.15. The van der Waals surface area contributed by atoms with Crippen LogP contribution in [-0.4, -0.2) is 115 Å². The summed E-state index contributed by atoms with van der Waals surface area (Å²) in [6.45, 7) is 11.7. The van der Waals surface area contributed by atoms with Crippen molar-refractivity contribution in [2.45, 2.75) is 6.42 Å². The second-order valence-electron chi connectivity index (χ2n) is 7.08. The topological polar surface area (TPSA) is 58.1 Å². The summed E-state index contributed by atoms with van der Waals surface area (Å²) in [7, 11) is 12.9. The van der Waals surface area contributed by atoms with E-state index in [1.54, 1.807) is 0 Å². The van der Waals surface area contributed by atoms with Crippen molar-refractivity contribution in [3.8, 4) is 0 Å². The molecule has 25 heavy (non-hydrogen) atoms. The molecular formula is C18H45IN6+2. The van der Waals surface area contributed by atoms with Crippen molar-refractivity contribution in [2.75, 3.05) is 99.6 Å². The Labute approximate surface area is 171 Å². The first-order valence-corrected chi connectivity index (χ1v) is 11.1. The maximum atomic E-state index is 5.55. The van der Waals surface area contributed by atoms with Gasteiger partial charge in [-0.1, -0.05) is 22.6 Å². The summed E-state index contributed by atoms with van der Waals surface area (Å²) in [4.78, 5) is 9.46. The van der Waals surface area contributed by atoms with Gasteiger partial charge in [-0.25, -0.2) is 4.99 Å². The summed E-state index contributed by atoms with van der Waals surface area (Å²) in [5, 5.41) is 3.45. The maximum Gasteiger partial charge on any atom is 0.0909 e. The number of rotatable bonds is 12. The van der Waals surface area contributed by atoms with Gasteiger partial charge in [-0.2, -0.15) is 0 Å². The van der Waals surface area contributed by atoms with E-state index in [2.05, 4.69) is 92.5 Å². The van der Waals surface area contributed by atoms with Crippen LogP contribution in [-0.2, 0) is 0 Å². The molecule has 0 unspecified atom stereocenters. The van der Waals surface area contributed by atoms with Crippen LogP contribution in [0, 0.1) is 0 Å². The van der Waals surface area contributed by atoms with Crippen molar-refractivity contribution in [1.82, 2.24) is 10.2 Å². The molecule has 152 valence electrons. The molecule has 0 bridgehead atoms. The molecule has 0 aliphatic carbocycles. The molecule has 4 N–H and O–H groups in total. The molecule has 0 saturated carbocycles. The maximum absolute atomic E-state index is 5.55. The van der Waals surface area contributed by atoms with Gasteiger partial charge in [0.05, 0.1) is 47.8 Å². The van der Waals surface area contributed by atoms with Crippen LogP contribution in [0.5, 0.6) is 0 Å². The quantitative estimate of drug-likeness (QED) is 0.119. The molecule has 0 saturated heterocycles. The van der Waals surface area contributed by atoms with Crippen LogP contribution in [0.3, 0.4) is 0 Å². The summed E-state index contributed by atoms with van der Waals surface area (Å²) < 4.78 is 1.01. The predicted molar refractivity (Wildman–Crippen MR) is 122 cm³/mol. The lowest BCUT2D eigenvalue weighted by Gasteiger charge is -2.29. The van der Waals surface area contributed by atoms with Crippen LogP contribution < -0.4 is 16.0 Å². The van der Waals surface area contributed by atoms with Crippen LogP contribution in [0.1, 0.15) is 6.42 Å². The number of halogens is 1. The number of nitrogens with two attached hydrogens (primary N) is 1. The Morgan fingerprint density at radius 1 is 1.20 bits per heavy atom. The number of nitrogens with one attached hydrogen (secondary N) is 2. The Hall–Kier alpha value is -0.0200. The Balaban J connectivity index is -0.000000380. The van der Waals surface area contributed by atoms with Gasteiger partial charge in [0.1, 0.15) is 0 Å². The van der Waals surface area contributed by atoms with E-state index in [1.807, 2.05) is 4.93 Å². The number of hydrogen-bond acceptors (Lipinski definition) is 4. The molecule has 7 heteroatoms. The van der Waals surface area contributed by atoms with Gasteiger partial charge in [0, 0.05) is 26.2 Å². The van der Waals surface area contributed by atoms with Gasteiger partial charge in [0.2, 0.25) is 0 Å². The zero-order valence-electron chi connectivity index (χ0n) is 17.9. The average Bonchev–Trinajstić information content (AvgIpc) is 2.53. The molecule has 0 aliphatic heterocycles. The van der Waals surface area contributed by atoms with E-state index in [-0.39, 0.29) is 0 Å². The molecule has 0 aromatic rings. The zero-order valence-corrected chi connectivity index (χ0v) is 20.0. The van der Waals surface area contributed by atoms with E-state index >= 15 is 0 Å². The van der Waals surface area contributed by atoms with Gasteiger partial charge in [-0.05, 0) is 44.4 Å². The fourth-order valence-electron chi connectivity index (χ4n) is 1.85. The normalized spacial score (nSPS) is 10.5. The largest absolute Gasteiger partial charge is 0.339 e. The van der Waals surface area contributed by atoms with Crippen LogP contribution in [0.25, 0.3) is 0 Å². The average molecular weight is 473 g/mol. The molecule has 0 heterocycles. The second-order valence-corrected chi connectivity index (χ2v) is 7.08. The minimum atomic E-state index is 0.773. The minimum Gasteiger partial charge on any atom is -0.339 e. The highest BCUT2D eigenvalue weighted by Gasteiger charge is 2.12.